The van der Waals surface area contributed by atoms with Crippen LogP contribution in [-0.4, -0.2) is 13.1 Å². The topological polar surface area (TPSA) is 12.0 Å². The van der Waals surface area contributed by atoms with Crippen LogP contribution in [0, 0.1) is 17.6 Å². The Bertz CT molecular complexity index is 361. The number of nitrogens with one attached hydrogen (secondary N) is 1. The Morgan fingerprint density at radius 3 is 2.81 bits per heavy atom. The lowest BCUT2D eigenvalue weighted by Crippen LogP contribution is -2.32. The summed E-state index contributed by atoms with van der Waals surface area (Å²) in [5.41, 5.74) is -0.159. The SMILES string of the molecule is Fc1cccc(C(F)C2CCCNC2)c1F. The summed E-state index contributed by atoms with van der Waals surface area (Å²) in [5.74, 6) is -2.30. The van der Waals surface area contributed by atoms with Crippen molar-refractivity contribution >= 4 is 0 Å². The van der Waals surface area contributed by atoms with Gasteiger partial charge in [-0.3, -0.25) is 0 Å². The lowest BCUT2D eigenvalue weighted by atomic mass is 9.90. The molecule has 1 aromatic rings. The molecule has 1 heterocycles. The Kier molecular flexibility index (Phi) is 3.49. The van der Waals surface area contributed by atoms with Crippen LogP contribution in [0.4, 0.5) is 13.2 Å². The summed E-state index contributed by atoms with van der Waals surface area (Å²) < 4.78 is 40.3. The van der Waals surface area contributed by atoms with E-state index < -0.39 is 17.8 Å². The van der Waals surface area contributed by atoms with Gasteiger partial charge in [-0.25, -0.2) is 13.2 Å². The zero-order chi connectivity index (χ0) is 11.5. The third-order valence-electron chi connectivity index (χ3n) is 3.03. The molecule has 0 spiro atoms. The molecule has 1 aliphatic rings. The van der Waals surface area contributed by atoms with Gasteiger partial charge in [-0.2, -0.15) is 0 Å². The minimum absolute atomic E-state index is 0.159. The summed E-state index contributed by atoms with van der Waals surface area (Å²) in [6.07, 6.45) is 0.162. The highest BCUT2D eigenvalue weighted by molar-refractivity contribution is 5.22. The highest BCUT2D eigenvalue weighted by atomic mass is 19.2. The first-order valence-electron chi connectivity index (χ1n) is 5.49. The summed E-state index contributed by atoms with van der Waals surface area (Å²) in [7, 11) is 0. The van der Waals surface area contributed by atoms with Gasteiger partial charge in [0.15, 0.2) is 11.6 Å². The quantitative estimate of drug-likeness (QED) is 0.822. The van der Waals surface area contributed by atoms with Crippen LogP contribution in [0.15, 0.2) is 18.2 Å². The average Bonchev–Trinajstić information content (AvgIpc) is 2.33. The molecule has 1 fully saturated rings. The van der Waals surface area contributed by atoms with E-state index in [9.17, 15) is 13.2 Å². The molecule has 0 saturated carbocycles. The highest BCUT2D eigenvalue weighted by Crippen LogP contribution is 2.32. The summed E-state index contributed by atoms with van der Waals surface area (Å²) in [6, 6.07) is 3.67. The molecule has 1 saturated heterocycles. The number of alkyl halides is 1. The van der Waals surface area contributed by atoms with E-state index in [4.69, 9.17) is 0 Å². The van der Waals surface area contributed by atoms with Crippen molar-refractivity contribution in [3.63, 3.8) is 0 Å². The van der Waals surface area contributed by atoms with Crippen LogP contribution >= 0.6 is 0 Å². The first kappa shape index (κ1) is 11.5. The molecule has 0 bridgehead atoms. The molecule has 1 N–H and O–H groups in total. The molecular formula is C12H14F3N. The highest BCUT2D eigenvalue weighted by Gasteiger charge is 2.27. The lowest BCUT2D eigenvalue weighted by Gasteiger charge is -2.26. The van der Waals surface area contributed by atoms with Gasteiger partial charge in [-0.1, -0.05) is 12.1 Å². The molecule has 1 aliphatic heterocycles. The summed E-state index contributed by atoms with van der Waals surface area (Å²) in [4.78, 5) is 0. The van der Waals surface area contributed by atoms with Gasteiger partial charge >= 0.3 is 0 Å². The minimum atomic E-state index is -1.43. The summed E-state index contributed by atoms with van der Waals surface area (Å²) in [5, 5.41) is 3.06. The molecule has 0 radical (unpaired) electrons. The Morgan fingerprint density at radius 2 is 2.12 bits per heavy atom. The number of rotatable bonds is 2. The second-order valence-corrected chi connectivity index (χ2v) is 4.15. The Morgan fingerprint density at radius 1 is 1.31 bits per heavy atom. The fourth-order valence-corrected chi connectivity index (χ4v) is 2.12. The average molecular weight is 229 g/mol. The first-order valence-corrected chi connectivity index (χ1v) is 5.49. The molecule has 2 atom stereocenters. The third-order valence-corrected chi connectivity index (χ3v) is 3.03. The predicted octanol–water partition coefficient (Wildman–Crippen LogP) is 2.98. The van der Waals surface area contributed by atoms with E-state index in [1.165, 1.54) is 12.1 Å². The molecule has 2 rings (SSSR count). The largest absolute Gasteiger partial charge is 0.316 e. The van der Waals surface area contributed by atoms with Crippen molar-refractivity contribution < 1.29 is 13.2 Å². The number of hydrogen-bond acceptors (Lipinski definition) is 1. The van der Waals surface area contributed by atoms with Crippen molar-refractivity contribution in [1.82, 2.24) is 5.32 Å². The van der Waals surface area contributed by atoms with E-state index in [0.717, 1.165) is 19.0 Å². The van der Waals surface area contributed by atoms with Crippen LogP contribution in [0.3, 0.4) is 0 Å². The van der Waals surface area contributed by atoms with Gasteiger partial charge in [0, 0.05) is 18.0 Å². The van der Waals surface area contributed by atoms with Crippen molar-refractivity contribution in [3.8, 4) is 0 Å². The van der Waals surface area contributed by atoms with Crippen molar-refractivity contribution in [3.05, 3.63) is 35.4 Å². The molecule has 0 aromatic heterocycles. The van der Waals surface area contributed by atoms with E-state index in [1.54, 1.807) is 0 Å². The maximum atomic E-state index is 14.0. The standard InChI is InChI=1S/C12H14F3N/c13-10-5-1-4-9(12(10)15)11(14)8-3-2-6-16-7-8/h1,4-5,8,11,16H,2-3,6-7H2. The Labute approximate surface area is 92.7 Å². The number of halogens is 3. The molecule has 0 amide bonds. The normalized spacial score (nSPS) is 23.1. The Balaban J connectivity index is 2.19. The number of hydrogen-bond donors (Lipinski definition) is 1. The van der Waals surface area contributed by atoms with E-state index >= 15 is 0 Å². The maximum absolute atomic E-state index is 14.0. The fourth-order valence-electron chi connectivity index (χ4n) is 2.12. The number of piperidine rings is 1. The summed E-state index contributed by atoms with van der Waals surface area (Å²) in [6.45, 7) is 1.39. The maximum Gasteiger partial charge on any atom is 0.164 e. The van der Waals surface area contributed by atoms with Gasteiger partial charge < -0.3 is 5.32 Å². The molecule has 0 aliphatic carbocycles. The molecule has 1 aromatic carbocycles. The monoisotopic (exact) mass is 229 g/mol. The van der Waals surface area contributed by atoms with Crippen LogP contribution in [0.2, 0.25) is 0 Å². The van der Waals surface area contributed by atoms with E-state index in [0.29, 0.717) is 13.0 Å². The molecule has 1 nitrogen and oxygen atoms in total. The molecule has 16 heavy (non-hydrogen) atoms. The van der Waals surface area contributed by atoms with Crippen LogP contribution in [-0.2, 0) is 0 Å². The third kappa shape index (κ3) is 2.21. The van der Waals surface area contributed by atoms with Crippen molar-refractivity contribution in [1.29, 1.82) is 0 Å². The molecule has 2 unspecified atom stereocenters. The lowest BCUT2D eigenvalue weighted by molar-refractivity contribution is 0.188. The van der Waals surface area contributed by atoms with E-state index in [-0.39, 0.29) is 11.5 Å². The van der Waals surface area contributed by atoms with Gasteiger partial charge in [0.1, 0.15) is 6.17 Å². The van der Waals surface area contributed by atoms with Crippen molar-refractivity contribution in [2.24, 2.45) is 5.92 Å². The van der Waals surface area contributed by atoms with Gasteiger partial charge in [-0.05, 0) is 25.5 Å². The minimum Gasteiger partial charge on any atom is -0.316 e. The van der Waals surface area contributed by atoms with Gasteiger partial charge in [0.2, 0.25) is 0 Å². The summed E-state index contributed by atoms with van der Waals surface area (Å²) >= 11 is 0. The van der Waals surface area contributed by atoms with Gasteiger partial charge in [-0.15, -0.1) is 0 Å². The molecular weight excluding hydrogens is 215 g/mol. The van der Waals surface area contributed by atoms with E-state index in [1.807, 2.05) is 0 Å². The smallest absolute Gasteiger partial charge is 0.164 e. The van der Waals surface area contributed by atoms with Crippen molar-refractivity contribution in [2.45, 2.75) is 19.0 Å². The fraction of sp³-hybridized carbons (Fsp3) is 0.500. The van der Waals surface area contributed by atoms with Crippen molar-refractivity contribution in [2.75, 3.05) is 13.1 Å². The molecule has 4 heteroatoms. The zero-order valence-electron chi connectivity index (χ0n) is 8.85. The molecule has 88 valence electrons. The van der Waals surface area contributed by atoms with Crippen LogP contribution < -0.4 is 5.32 Å². The van der Waals surface area contributed by atoms with Crippen LogP contribution in [0.25, 0.3) is 0 Å². The van der Waals surface area contributed by atoms with Crippen LogP contribution in [0.1, 0.15) is 24.6 Å². The van der Waals surface area contributed by atoms with Gasteiger partial charge in [0.05, 0.1) is 0 Å². The van der Waals surface area contributed by atoms with Crippen LogP contribution in [0.5, 0.6) is 0 Å². The second-order valence-electron chi connectivity index (χ2n) is 4.15. The van der Waals surface area contributed by atoms with Gasteiger partial charge in [0.25, 0.3) is 0 Å². The van der Waals surface area contributed by atoms with E-state index in [2.05, 4.69) is 5.32 Å². The number of benzene rings is 1. The first-order chi connectivity index (χ1) is 7.70. The Hall–Kier alpha value is -1.03. The predicted molar refractivity (Wildman–Crippen MR) is 55.8 cm³/mol. The second kappa shape index (κ2) is 4.87. The zero-order valence-corrected chi connectivity index (χ0v) is 8.85.